The van der Waals surface area contributed by atoms with E-state index in [-0.39, 0.29) is 11.9 Å². The summed E-state index contributed by atoms with van der Waals surface area (Å²) in [5, 5.41) is 2.83. The topological polar surface area (TPSA) is 68.3 Å². The van der Waals surface area contributed by atoms with E-state index in [0.717, 1.165) is 12.2 Å². The van der Waals surface area contributed by atoms with Crippen LogP contribution in [0.25, 0.3) is 0 Å². The summed E-state index contributed by atoms with van der Waals surface area (Å²) >= 11 is 0. The van der Waals surface area contributed by atoms with Crippen molar-refractivity contribution in [2.24, 2.45) is 11.7 Å². The first-order valence-electron chi connectivity index (χ1n) is 5.64. The van der Waals surface area contributed by atoms with Crippen molar-refractivity contribution in [1.29, 1.82) is 0 Å². The van der Waals surface area contributed by atoms with Gasteiger partial charge in [0, 0.05) is 25.4 Å². The van der Waals surface area contributed by atoms with Gasteiger partial charge < -0.3 is 15.5 Å². The van der Waals surface area contributed by atoms with Crippen LogP contribution in [0.2, 0.25) is 0 Å². The highest BCUT2D eigenvalue weighted by atomic mass is 16.3. The Morgan fingerprint density at radius 1 is 1.56 bits per heavy atom. The number of hydrogen-bond donors (Lipinski definition) is 2. The maximum Gasteiger partial charge on any atom is 0.221 e. The second-order valence-electron chi connectivity index (χ2n) is 4.29. The fraction of sp³-hybridized carbons (Fsp3) is 0.583. The summed E-state index contributed by atoms with van der Waals surface area (Å²) in [6.45, 7) is 4.62. The van der Waals surface area contributed by atoms with E-state index >= 15 is 0 Å². The Hall–Kier alpha value is -1.29. The molecule has 1 aromatic heterocycles. The van der Waals surface area contributed by atoms with Gasteiger partial charge in [0.25, 0.3) is 0 Å². The Balaban J connectivity index is 2.15. The maximum atomic E-state index is 11.5. The summed E-state index contributed by atoms with van der Waals surface area (Å²) in [6.07, 6.45) is 2.73. The van der Waals surface area contributed by atoms with Gasteiger partial charge in [0.2, 0.25) is 5.91 Å². The first-order chi connectivity index (χ1) is 7.59. The molecule has 1 aromatic rings. The van der Waals surface area contributed by atoms with Crippen molar-refractivity contribution in [3.05, 3.63) is 24.2 Å². The number of carbonyl (C=O) groups is 1. The van der Waals surface area contributed by atoms with Gasteiger partial charge in [-0.2, -0.15) is 0 Å². The van der Waals surface area contributed by atoms with Crippen molar-refractivity contribution >= 4 is 5.91 Å². The smallest absolute Gasteiger partial charge is 0.221 e. The van der Waals surface area contributed by atoms with Gasteiger partial charge >= 0.3 is 0 Å². The minimum absolute atomic E-state index is 0.00718. The van der Waals surface area contributed by atoms with Crippen molar-refractivity contribution < 1.29 is 9.21 Å². The zero-order valence-electron chi connectivity index (χ0n) is 9.90. The lowest BCUT2D eigenvalue weighted by molar-refractivity contribution is -0.121. The molecule has 0 saturated heterocycles. The number of furan rings is 1. The Labute approximate surface area is 96.2 Å². The van der Waals surface area contributed by atoms with Gasteiger partial charge in [-0.1, -0.05) is 13.8 Å². The lowest BCUT2D eigenvalue weighted by Gasteiger charge is -2.14. The Bertz CT molecular complexity index is 307. The molecule has 4 nitrogen and oxygen atoms in total. The molecule has 1 rings (SSSR count). The summed E-state index contributed by atoms with van der Waals surface area (Å²) in [6, 6.07) is 3.67. The molecule has 4 heteroatoms. The summed E-state index contributed by atoms with van der Waals surface area (Å²) in [7, 11) is 0. The van der Waals surface area contributed by atoms with Gasteiger partial charge in [-0.25, -0.2) is 0 Å². The number of hydrogen-bond acceptors (Lipinski definition) is 3. The Kier molecular flexibility index (Phi) is 5.05. The fourth-order valence-corrected chi connectivity index (χ4v) is 1.30. The normalized spacial score (nSPS) is 12.8. The van der Waals surface area contributed by atoms with Gasteiger partial charge in [0.15, 0.2) is 0 Å². The molecule has 0 aliphatic rings. The molecule has 1 heterocycles. The maximum absolute atomic E-state index is 11.5. The highest BCUT2D eigenvalue weighted by Crippen LogP contribution is 2.03. The van der Waals surface area contributed by atoms with E-state index in [1.807, 2.05) is 26.0 Å². The van der Waals surface area contributed by atoms with Crippen molar-refractivity contribution in [3.63, 3.8) is 0 Å². The largest absolute Gasteiger partial charge is 0.469 e. The van der Waals surface area contributed by atoms with Crippen molar-refractivity contribution in [1.82, 2.24) is 5.32 Å². The Morgan fingerprint density at radius 2 is 2.31 bits per heavy atom. The molecule has 3 N–H and O–H groups in total. The van der Waals surface area contributed by atoms with E-state index in [9.17, 15) is 4.79 Å². The first kappa shape index (κ1) is 12.8. The quantitative estimate of drug-likeness (QED) is 0.765. The van der Waals surface area contributed by atoms with Crippen LogP contribution in [0.3, 0.4) is 0 Å². The zero-order valence-corrected chi connectivity index (χ0v) is 9.90. The number of nitrogens with one attached hydrogen (secondary N) is 1. The standard InChI is InChI=1S/C12H20N2O2/c1-9(2)11(13)8-12(15)14-6-5-10-4-3-7-16-10/h3-4,7,9,11H,5-6,8,13H2,1-2H3,(H,14,15). The molecule has 0 fully saturated rings. The minimum atomic E-state index is -0.0661. The van der Waals surface area contributed by atoms with E-state index in [1.54, 1.807) is 6.26 Å². The molecule has 0 saturated carbocycles. The number of nitrogens with two attached hydrogens (primary N) is 1. The SMILES string of the molecule is CC(C)C(N)CC(=O)NCCc1ccco1. The van der Waals surface area contributed by atoms with Crippen LogP contribution in [0.1, 0.15) is 26.0 Å². The van der Waals surface area contributed by atoms with Crippen LogP contribution >= 0.6 is 0 Å². The zero-order chi connectivity index (χ0) is 12.0. The molecule has 1 unspecified atom stereocenters. The van der Waals surface area contributed by atoms with Crippen molar-refractivity contribution in [3.8, 4) is 0 Å². The number of amides is 1. The fourth-order valence-electron chi connectivity index (χ4n) is 1.30. The van der Waals surface area contributed by atoms with Crippen LogP contribution in [0.4, 0.5) is 0 Å². The van der Waals surface area contributed by atoms with Crippen LogP contribution in [0.15, 0.2) is 22.8 Å². The summed E-state index contributed by atoms with van der Waals surface area (Å²) in [4.78, 5) is 11.5. The van der Waals surface area contributed by atoms with Crippen LogP contribution in [-0.2, 0) is 11.2 Å². The molecule has 1 amide bonds. The van der Waals surface area contributed by atoms with E-state index in [1.165, 1.54) is 0 Å². The van der Waals surface area contributed by atoms with Gasteiger partial charge in [0.1, 0.15) is 5.76 Å². The molecule has 0 radical (unpaired) electrons. The Morgan fingerprint density at radius 3 is 2.88 bits per heavy atom. The average molecular weight is 224 g/mol. The van der Waals surface area contributed by atoms with E-state index < -0.39 is 0 Å². The molecule has 0 spiro atoms. The lowest BCUT2D eigenvalue weighted by atomic mass is 10.0. The van der Waals surface area contributed by atoms with Crippen molar-refractivity contribution in [2.45, 2.75) is 32.7 Å². The predicted molar refractivity (Wildman–Crippen MR) is 62.9 cm³/mol. The van der Waals surface area contributed by atoms with Gasteiger partial charge in [0.05, 0.1) is 6.26 Å². The molecule has 1 atom stereocenters. The van der Waals surface area contributed by atoms with Crippen LogP contribution in [-0.4, -0.2) is 18.5 Å². The molecular formula is C12H20N2O2. The predicted octanol–water partition coefficient (Wildman–Crippen LogP) is 1.31. The highest BCUT2D eigenvalue weighted by molar-refractivity contribution is 5.76. The third kappa shape index (κ3) is 4.49. The van der Waals surface area contributed by atoms with E-state index in [0.29, 0.717) is 18.9 Å². The second-order valence-corrected chi connectivity index (χ2v) is 4.29. The van der Waals surface area contributed by atoms with E-state index in [2.05, 4.69) is 5.32 Å². The highest BCUT2D eigenvalue weighted by Gasteiger charge is 2.12. The van der Waals surface area contributed by atoms with E-state index in [4.69, 9.17) is 10.2 Å². The number of rotatable bonds is 6. The molecule has 0 aliphatic heterocycles. The van der Waals surface area contributed by atoms with Crippen LogP contribution in [0.5, 0.6) is 0 Å². The van der Waals surface area contributed by atoms with Crippen molar-refractivity contribution in [2.75, 3.05) is 6.54 Å². The van der Waals surface area contributed by atoms with Gasteiger partial charge in [-0.3, -0.25) is 4.79 Å². The molecule has 0 bridgehead atoms. The molecule has 0 aromatic carbocycles. The minimum Gasteiger partial charge on any atom is -0.469 e. The van der Waals surface area contributed by atoms with Gasteiger partial charge in [-0.15, -0.1) is 0 Å². The third-order valence-corrected chi connectivity index (χ3v) is 2.55. The average Bonchev–Trinajstić information content (AvgIpc) is 2.70. The number of carbonyl (C=O) groups excluding carboxylic acids is 1. The first-order valence-corrected chi connectivity index (χ1v) is 5.64. The van der Waals surface area contributed by atoms with Crippen LogP contribution in [0, 0.1) is 5.92 Å². The molecule has 90 valence electrons. The monoisotopic (exact) mass is 224 g/mol. The van der Waals surface area contributed by atoms with Gasteiger partial charge in [-0.05, 0) is 18.1 Å². The summed E-state index contributed by atoms with van der Waals surface area (Å²) in [5.74, 6) is 1.22. The summed E-state index contributed by atoms with van der Waals surface area (Å²) in [5.41, 5.74) is 5.80. The summed E-state index contributed by atoms with van der Waals surface area (Å²) < 4.78 is 5.16. The molecule has 16 heavy (non-hydrogen) atoms. The lowest BCUT2D eigenvalue weighted by Crippen LogP contribution is -2.35. The molecular weight excluding hydrogens is 204 g/mol. The van der Waals surface area contributed by atoms with Crippen LogP contribution < -0.4 is 11.1 Å². The molecule has 0 aliphatic carbocycles. The third-order valence-electron chi connectivity index (χ3n) is 2.55. The second kappa shape index (κ2) is 6.33.